The fourth-order valence-corrected chi connectivity index (χ4v) is 1.19. The van der Waals surface area contributed by atoms with E-state index in [4.69, 9.17) is 4.42 Å². The van der Waals surface area contributed by atoms with Crippen molar-refractivity contribution in [1.82, 2.24) is 0 Å². The number of hydrogen-bond donors (Lipinski definition) is 0. The van der Waals surface area contributed by atoms with E-state index in [0.717, 1.165) is 0 Å². The molecule has 1 aromatic rings. The van der Waals surface area contributed by atoms with Crippen LogP contribution in [0.2, 0.25) is 0 Å². The van der Waals surface area contributed by atoms with Gasteiger partial charge in [-0.2, -0.15) is 0 Å². The summed E-state index contributed by atoms with van der Waals surface area (Å²) in [4.78, 5) is 24.4. The van der Waals surface area contributed by atoms with Gasteiger partial charge in [-0.15, -0.1) is 0 Å². The lowest BCUT2D eigenvalue weighted by atomic mass is 10.2. The fraction of sp³-hybridized carbons (Fsp3) is 0.400. The topological polar surface area (TPSA) is 68.9 Å². The van der Waals surface area contributed by atoms with E-state index in [2.05, 4.69) is 9.73 Å². The van der Waals surface area contributed by atoms with Crippen LogP contribution in [0.1, 0.15) is 21.9 Å². The number of esters is 1. The van der Waals surface area contributed by atoms with Crippen molar-refractivity contribution in [3.05, 3.63) is 23.2 Å². The van der Waals surface area contributed by atoms with Crippen LogP contribution in [-0.4, -0.2) is 25.7 Å². The van der Waals surface area contributed by atoms with Crippen LogP contribution in [0, 0.1) is 6.92 Å². The van der Waals surface area contributed by atoms with E-state index >= 15 is 0 Å². The smallest absolute Gasteiger partial charge is 0.341 e. The molecule has 1 rings (SSSR count). The number of isocyanates is 1. The first-order valence-corrected chi connectivity index (χ1v) is 4.40. The normalized spacial score (nSPS) is 9.47. The van der Waals surface area contributed by atoms with Crippen LogP contribution in [-0.2, 0) is 16.0 Å². The maximum absolute atomic E-state index is 11.2. The molecule has 80 valence electrons. The van der Waals surface area contributed by atoms with Gasteiger partial charge in [0.2, 0.25) is 6.08 Å². The molecule has 1 aromatic heterocycles. The van der Waals surface area contributed by atoms with Crippen LogP contribution >= 0.6 is 0 Å². The maximum atomic E-state index is 11.2. The number of carbonyl (C=O) groups excluding carboxylic acids is 2. The van der Waals surface area contributed by atoms with E-state index in [9.17, 15) is 9.59 Å². The van der Waals surface area contributed by atoms with E-state index in [-0.39, 0.29) is 0 Å². The van der Waals surface area contributed by atoms with Gasteiger partial charge >= 0.3 is 5.97 Å². The number of rotatable bonds is 4. The molecule has 0 aliphatic heterocycles. The summed E-state index contributed by atoms with van der Waals surface area (Å²) >= 11 is 0. The molecule has 0 N–H and O–H groups in total. The second kappa shape index (κ2) is 5.12. The van der Waals surface area contributed by atoms with Crippen LogP contribution < -0.4 is 0 Å². The third-order valence-electron chi connectivity index (χ3n) is 1.91. The van der Waals surface area contributed by atoms with Crippen molar-refractivity contribution in [2.45, 2.75) is 13.3 Å². The van der Waals surface area contributed by atoms with Crippen molar-refractivity contribution in [2.75, 3.05) is 13.7 Å². The molecule has 5 nitrogen and oxygen atoms in total. The van der Waals surface area contributed by atoms with Crippen LogP contribution in [0.5, 0.6) is 0 Å². The van der Waals surface area contributed by atoms with Gasteiger partial charge < -0.3 is 9.15 Å². The van der Waals surface area contributed by atoms with Gasteiger partial charge in [0, 0.05) is 6.42 Å². The molecule has 0 aliphatic rings. The monoisotopic (exact) mass is 209 g/mol. The standard InChI is InChI=1S/C10H11NO4/c1-7-9(10(13)14-2)5-8(15-7)3-4-11-6-12/h5H,3-4H2,1-2H3. The minimum Gasteiger partial charge on any atom is -0.465 e. The summed E-state index contributed by atoms with van der Waals surface area (Å²) in [6, 6.07) is 1.60. The number of nitrogens with zero attached hydrogens (tertiary/aromatic N) is 1. The average molecular weight is 209 g/mol. The first kappa shape index (κ1) is 11.2. The zero-order valence-electron chi connectivity index (χ0n) is 8.57. The highest BCUT2D eigenvalue weighted by atomic mass is 16.5. The maximum Gasteiger partial charge on any atom is 0.341 e. The summed E-state index contributed by atoms with van der Waals surface area (Å²) in [5, 5.41) is 0. The van der Waals surface area contributed by atoms with Gasteiger partial charge in [-0.05, 0) is 13.0 Å². The molecule has 0 unspecified atom stereocenters. The van der Waals surface area contributed by atoms with Gasteiger partial charge in [0.25, 0.3) is 0 Å². The van der Waals surface area contributed by atoms with E-state index in [1.165, 1.54) is 13.2 Å². The lowest BCUT2D eigenvalue weighted by molar-refractivity contribution is 0.0599. The van der Waals surface area contributed by atoms with Gasteiger partial charge in [0.05, 0.1) is 13.7 Å². The Kier molecular flexibility index (Phi) is 3.83. The van der Waals surface area contributed by atoms with Gasteiger partial charge in [-0.3, -0.25) is 0 Å². The Morgan fingerprint density at radius 1 is 1.67 bits per heavy atom. The fourth-order valence-electron chi connectivity index (χ4n) is 1.19. The van der Waals surface area contributed by atoms with Crippen LogP contribution in [0.4, 0.5) is 0 Å². The molecule has 15 heavy (non-hydrogen) atoms. The zero-order valence-corrected chi connectivity index (χ0v) is 8.57. The Bertz CT molecular complexity index is 402. The highest BCUT2D eigenvalue weighted by molar-refractivity contribution is 5.90. The number of ether oxygens (including phenoxy) is 1. The third kappa shape index (κ3) is 2.79. The summed E-state index contributed by atoms with van der Waals surface area (Å²) in [5.74, 6) is 0.681. The second-order valence-electron chi connectivity index (χ2n) is 2.90. The van der Waals surface area contributed by atoms with Crippen LogP contribution in [0.25, 0.3) is 0 Å². The molecule has 0 atom stereocenters. The molecule has 0 saturated heterocycles. The summed E-state index contributed by atoms with van der Waals surface area (Å²) in [6.45, 7) is 1.98. The molecule has 0 aromatic carbocycles. The van der Waals surface area contributed by atoms with Crippen molar-refractivity contribution in [3.8, 4) is 0 Å². The lowest BCUT2D eigenvalue weighted by Crippen LogP contribution is -2.00. The number of aliphatic imine (C=N–C) groups is 1. The first-order valence-electron chi connectivity index (χ1n) is 4.40. The molecule has 0 radical (unpaired) electrons. The summed E-state index contributed by atoms with van der Waals surface area (Å²) < 4.78 is 9.86. The van der Waals surface area contributed by atoms with Crippen molar-refractivity contribution < 1.29 is 18.7 Å². The molecule has 0 bridgehead atoms. The first-order chi connectivity index (χ1) is 7.19. The predicted octanol–water partition coefficient (Wildman–Crippen LogP) is 1.25. The molecular formula is C10H11NO4. The van der Waals surface area contributed by atoms with Crippen LogP contribution in [0.15, 0.2) is 15.5 Å². The average Bonchev–Trinajstić information content (AvgIpc) is 2.59. The number of furan rings is 1. The molecule has 5 heteroatoms. The Balaban J connectivity index is 2.76. The Morgan fingerprint density at radius 2 is 2.40 bits per heavy atom. The molecule has 0 fully saturated rings. The molecular weight excluding hydrogens is 198 g/mol. The van der Waals surface area contributed by atoms with E-state index in [1.807, 2.05) is 0 Å². The number of carbonyl (C=O) groups is 1. The van der Waals surface area contributed by atoms with E-state index in [1.54, 1.807) is 13.0 Å². The molecule has 0 saturated carbocycles. The summed E-state index contributed by atoms with van der Waals surface area (Å²) in [6.07, 6.45) is 1.90. The number of aryl methyl sites for hydroxylation is 1. The van der Waals surface area contributed by atoms with E-state index < -0.39 is 5.97 Å². The molecule has 0 amide bonds. The minimum absolute atomic E-state index is 0.303. The highest BCUT2D eigenvalue weighted by Crippen LogP contribution is 2.15. The predicted molar refractivity (Wildman–Crippen MR) is 51.5 cm³/mol. The molecule has 1 heterocycles. The Morgan fingerprint density at radius 3 is 3.00 bits per heavy atom. The Labute approximate surface area is 86.7 Å². The molecule has 0 aliphatic carbocycles. The quantitative estimate of drug-likeness (QED) is 0.425. The van der Waals surface area contributed by atoms with Crippen molar-refractivity contribution in [1.29, 1.82) is 0 Å². The third-order valence-corrected chi connectivity index (χ3v) is 1.91. The lowest BCUT2D eigenvalue weighted by Gasteiger charge is -1.93. The largest absolute Gasteiger partial charge is 0.465 e. The van der Waals surface area contributed by atoms with Gasteiger partial charge in [-0.25, -0.2) is 14.6 Å². The molecule has 0 spiro atoms. The Hall–Kier alpha value is -1.87. The van der Waals surface area contributed by atoms with Gasteiger partial charge in [0.15, 0.2) is 0 Å². The highest BCUT2D eigenvalue weighted by Gasteiger charge is 2.14. The summed E-state index contributed by atoms with van der Waals surface area (Å²) in [7, 11) is 1.31. The second-order valence-corrected chi connectivity index (χ2v) is 2.90. The zero-order chi connectivity index (χ0) is 11.3. The van der Waals surface area contributed by atoms with E-state index in [0.29, 0.717) is 30.0 Å². The number of methoxy groups -OCH3 is 1. The van der Waals surface area contributed by atoms with Crippen molar-refractivity contribution in [2.24, 2.45) is 4.99 Å². The van der Waals surface area contributed by atoms with Gasteiger partial charge in [-0.1, -0.05) is 0 Å². The SMILES string of the molecule is COC(=O)c1cc(CCN=C=O)oc1C. The van der Waals surface area contributed by atoms with Crippen molar-refractivity contribution >= 4 is 12.0 Å². The summed E-state index contributed by atoms with van der Waals surface area (Å²) in [5.41, 5.74) is 0.405. The van der Waals surface area contributed by atoms with Crippen molar-refractivity contribution in [3.63, 3.8) is 0 Å². The minimum atomic E-state index is -0.429. The van der Waals surface area contributed by atoms with Crippen LogP contribution in [0.3, 0.4) is 0 Å². The van der Waals surface area contributed by atoms with Gasteiger partial charge in [0.1, 0.15) is 17.1 Å². The number of hydrogen-bond acceptors (Lipinski definition) is 5.